The van der Waals surface area contributed by atoms with Crippen LogP contribution >= 0.6 is 0 Å². The SMILES string of the molecule is O=C(CCc1ccc(O)cc1)N1CCCC2(CCCNC2)C1. The molecule has 2 saturated heterocycles. The Morgan fingerprint density at radius 1 is 1.23 bits per heavy atom. The van der Waals surface area contributed by atoms with Crippen molar-refractivity contribution in [3.63, 3.8) is 0 Å². The Morgan fingerprint density at radius 2 is 2.00 bits per heavy atom. The number of phenolic OH excluding ortho intramolecular Hbond substituents is 1. The normalized spacial score (nSPS) is 25.4. The van der Waals surface area contributed by atoms with Gasteiger partial charge in [-0.1, -0.05) is 12.1 Å². The number of rotatable bonds is 3. The van der Waals surface area contributed by atoms with Crippen LogP contribution in [0.2, 0.25) is 0 Å². The molecule has 0 bridgehead atoms. The van der Waals surface area contributed by atoms with Crippen LogP contribution in [0.5, 0.6) is 5.75 Å². The maximum Gasteiger partial charge on any atom is 0.222 e. The van der Waals surface area contributed by atoms with Crippen molar-refractivity contribution in [2.75, 3.05) is 26.2 Å². The number of hydrogen-bond acceptors (Lipinski definition) is 3. The lowest BCUT2D eigenvalue weighted by Gasteiger charge is -2.45. The number of benzene rings is 1. The van der Waals surface area contributed by atoms with Crippen LogP contribution in [-0.4, -0.2) is 42.1 Å². The standard InChI is InChI=1S/C18H26N2O2/c21-16-6-3-15(4-7-16)5-8-17(22)20-12-2-10-18(14-20)9-1-11-19-13-18/h3-4,6-7,19,21H,1-2,5,8-14H2. The summed E-state index contributed by atoms with van der Waals surface area (Å²) >= 11 is 0. The third-order valence-corrected chi connectivity index (χ3v) is 5.14. The molecule has 2 aliphatic rings. The quantitative estimate of drug-likeness (QED) is 0.901. The van der Waals surface area contributed by atoms with Gasteiger partial charge in [-0.05, 0) is 56.3 Å². The van der Waals surface area contributed by atoms with Gasteiger partial charge in [-0.3, -0.25) is 4.79 Å². The molecule has 1 aromatic rings. The van der Waals surface area contributed by atoms with Crippen molar-refractivity contribution in [1.29, 1.82) is 0 Å². The predicted octanol–water partition coefficient (Wildman–Crippen LogP) is 2.32. The molecule has 120 valence electrons. The first-order valence-corrected chi connectivity index (χ1v) is 8.43. The largest absolute Gasteiger partial charge is 0.508 e. The molecule has 1 unspecified atom stereocenters. The van der Waals surface area contributed by atoms with Gasteiger partial charge in [0.05, 0.1) is 0 Å². The van der Waals surface area contributed by atoms with Gasteiger partial charge in [-0.25, -0.2) is 0 Å². The van der Waals surface area contributed by atoms with Gasteiger partial charge in [0.1, 0.15) is 5.75 Å². The highest BCUT2D eigenvalue weighted by atomic mass is 16.3. The molecule has 2 heterocycles. The maximum absolute atomic E-state index is 12.5. The fourth-order valence-electron chi connectivity index (χ4n) is 3.87. The van der Waals surface area contributed by atoms with E-state index in [1.165, 1.54) is 19.3 Å². The number of carbonyl (C=O) groups excluding carboxylic acids is 1. The fourth-order valence-corrected chi connectivity index (χ4v) is 3.87. The van der Waals surface area contributed by atoms with E-state index < -0.39 is 0 Å². The monoisotopic (exact) mass is 302 g/mol. The minimum atomic E-state index is 0.276. The van der Waals surface area contributed by atoms with Crippen LogP contribution in [0.25, 0.3) is 0 Å². The minimum absolute atomic E-state index is 0.276. The third kappa shape index (κ3) is 3.61. The molecule has 1 spiro atoms. The summed E-state index contributed by atoms with van der Waals surface area (Å²) in [6.45, 7) is 4.02. The van der Waals surface area contributed by atoms with Gasteiger partial charge < -0.3 is 15.3 Å². The zero-order valence-corrected chi connectivity index (χ0v) is 13.2. The van der Waals surface area contributed by atoms with Gasteiger partial charge in [0.2, 0.25) is 5.91 Å². The van der Waals surface area contributed by atoms with Crippen molar-refractivity contribution in [2.24, 2.45) is 5.41 Å². The minimum Gasteiger partial charge on any atom is -0.508 e. The molecule has 4 nitrogen and oxygen atoms in total. The predicted molar refractivity (Wildman–Crippen MR) is 86.8 cm³/mol. The van der Waals surface area contributed by atoms with Gasteiger partial charge in [0, 0.05) is 31.5 Å². The molecule has 1 amide bonds. The van der Waals surface area contributed by atoms with Gasteiger partial charge in [-0.2, -0.15) is 0 Å². The molecule has 2 fully saturated rings. The number of nitrogens with one attached hydrogen (secondary N) is 1. The summed E-state index contributed by atoms with van der Waals surface area (Å²) in [5.74, 6) is 0.551. The van der Waals surface area contributed by atoms with Gasteiger partial charge in [-0.15, -0.1) is 0 Å². The van der Waals surface area contributed by atoms with Crippen molar-refractivity contribution in [3.05, 3.63) is 29.8 Å². The number of piperidine rings is 2. The molecule has 0 aliphatic carbocycles. The number of aromatic hydroxyl groups is 1. The van der Waals surface area contributed by atoms with Crippen LogP contribution in [0.1, 0.15) is 37.7 Å². The first-order valence-electron chi connectivity index (χ1n) is 8.43. The zero-order chi connectivity index (χ0) is 15.4. The van der Waals surface area contributed by atoms with E-state index in [1.54, 1.807) is 12.1 Å². The Bertz CT molecular complexity index is 501. The van der Waals surface area contributed by atoms with Crippen molar-refractivity contribution in [3.8, 4) is 5.75 Å². The molecule has 2 N–H and O–H groups in total. The summed E-state index contributed by atoms with van der Waals surface area (Å²) in [5, 5.41) is 12.8. The Labute approximate surface area is 132 Å². The van der Waals surface area contributed by atoms with Gasteiger partial charge in [0.15, 0.2) is 0 Å². The molecule has 1 aromatic carbocycles. The maximum atomic E-state index is 12.5. The number of carbonyl (C=O) groups is 1. The lowest BCUT2D eigenvalue weighted by molar-refractivity contribution is -0.135. The van der Waals surface area contributed by atoms with Gasteiger partial charge >= 0.3 is 0 Å². The first-order chi connectivity index (χ1) is 10.7. The van der Waals surface area contributed by atoms with Crippen LogP contribution < -0.4 is 5.32 Å². The smallest absolute Gasteiger partial charge is 0.222 e. The van der Waals surface area contributed by atoms with E-state index in [0.717, 1.165) is 44.6 Å². The van der Waals surface area contributed by atoms with Crippen LogP contribution in [0.4, 0.5) is 0 Å². The van der Waals surface area contributed by atoms with E-state index in [2.05, 4.69) is 10.2 Å². The molecule has 0 saturated carbocycles. The van der Waals surface area contributed by atoms with E-state index in [1.807, 2.05) is 12.1 Å². The van der Waals surface area contributed by atoms with Crippen LogP contribution in [0.15, 0.2) is 24.3 Å². The average Bonchev–Trinajstić information content (AvgIpc) is 2.55. The molecule has 0 aromatic heterocycles. The fraction of sp³-hybridized carbons (Fsp3) is 0.611. The highest BCUT2D eigenvalue weighted by Gasteiger charge is 2.37. The number of aryl methyl sites for hydroxylation is 1. The molecule has 1 atom stereocenters. The number of hydrogen-bond donors (Lipinski definition) is 2. The lowest BCUT2D eigenvalue weighted by atomic mass is 9.74. The van der Waals surface area contributed by atoms with Crippen molar-refractivity contribution >= 4 is 5.91 Å². The van der Waals surface area contributed by atoms with Crippen LogP contribution in [0, 0.1) is 5.41 Å². The second kappa shape index (κ2) is 6.69. The van der Waals surface area contributed by atoms with Crippen molar-refractivity contribution in [2.45, 2.75) is 38.5 Å². The molecular weight excluding hydrogens is 276 g/mol. The summed E-state index contributed by atoms with van der Waals surface area (Å²) in [6, 6.07) is 7.16. The molecule has 4 heteroatoms. The van der Waals surface area contributed by atoms with Crippen LogP contribution in [-0.2, 0) is 11.2 Å². The number of phenols is 1. The molecular formula is C18H26N2O2. The van der Waals surface area contributed by atoms with Crippen molar-refractivity contribution in [1.82, 2.24) is 10.2 Å². The zero-order valence-electron chi connectivity index (χ0n) is 13.2. The van der Waals surface area contributed by atoms with Gasteiger partial charge in [0.25, 0.3) is 0 Å². The number of nitrogens with zero attached hydrogens (tertiary/aromatic N) is 1. The van der Waals surface area contributed by atoms with Crippen molar-refractivity contribution < 1.29 is 9.90 Å². The Kier molecular flexibility index (Phi) is 4.67. The Balaban J connectivity index is 1.54. The second-order valence-electron chi connectivity index (χ2n) is 6.87. The first kappa shape index (κ1) is 15.3. The molecule has 22 heavy (non-hydrogen) atoms. The highest BCUT2D eigenvalue weighted by Crippen LogP contribution is 2.36. The number of amides is 1. The highest BCUT2D eigenvalue weighted by molar-refractivity contribution is 5.76. The van der Waals surface area contributed by atoms with Crippen LogP contribution in [0.3, 0.4) is 0 Å². The third-order valence-electron chi connectivity index (χ3n) is 5.14. The average molecular weight is 302 g/mol. The van der Waals surface area contributed by atoms with E-state index in [4.69, 9.17) is 0 Å². The Hall–Kier alpha value is -1.55. The summed E-state index contributed by atoms with van der Waals surface area (Å²) in [5.41, 5.74) is 1.43. The topological polar surface area (TPSA) is 52.6 Å². The summed E-state index contributed by atoms with van der Waals surface area (Å²) in [7, 11) is 0. The number of likely N-dealkylation sites (tertiary alicyclic amines) is 1. The summed E-state index contributed by atoms with van der Waals surface area (Å²) < 4.78 is 0. The van der Waals surface area contributed by atoms with E-state index in [0.29, 0.717) is 11.8 Å². The van der Waals surface area contributed by atoms with E-state index >= 15 is 0 Å². The Morgan fingerprint density at radius 3 is 2.73 bits per heavy atom. The molecule has 2 aliphatic heterocycles. The van der Waals surface area contributed by atoms with E-state index in [9.17, 15) is 9.90 Å². The second-order valence-corrected chi connectivity index (χ2v) is 6.87. The summed E-state index contributed by atoms with van der Waals surface area (Å²) in [4.78, 5) is 14.6. The van der Waals surface area contributed by atoms with E-state index in [-0.39, 0.29) is 11.7 Å². The lowest BCUT2D eigenvalue weighted by Crippen LogP contribution is -2.52. The molecule has 0 radical (unpaired) electrons. The molecule has 3 rings (SSSR count). The summed E-state index contributed by atoms with van der Waals surface area (Å²) in [6.07, 6.45) is 6.18.